The molecule has 1 unspecified atom stereocenters. The smallest absolute Gasteiger partial charge is 0.318 e. The van der Waals surface area contributed by atoms with Gasteiger partial charge in [0, 0.05) is 32.2 Å². The average molecular weight is 426 g/mol. The molecule has 5 nitrogen and oxygen atoms in total. The third-order valence-electron chi connectivity index (χ3n) is 6.60. The lowest BCUT2D eigenvalue weighted by Gasteiger charge is -2.34. The molecule has 2 aliphatic rings. The molecule has 2 heterocycles. The van der Waals surface area contributed by atoms with E-state index in [1.807, 2.05) is 17.0 Å². The first kappa shape index (κ1) is 21.6. The van der Waals surface area contributed by atoms with Gasteiger partial charge in [0.25, 0.3) is 0 Å². The number of carbonyl (C=O) groups is 1. The molecular formula is C25H32FN3O2. The number of halogens is 1. The fourth-order valence-electron chi connectivity index (χ4n) is 4.85. The molecule has 2 aromatic rings. The van der Waals surface area contributed by atoms with E-state index in [9.17, 15) is 9.18 Å². The average Bonchev–Trinajstić information content (AvgIpc) is 3.25. The first-order valence-electron chi connectivity index (χ1n) is 11.2. The van der Waals surface area contributed by atoms with Crippen LogP contribution in [0.15, 0.2) is 42.5 Å². The van der Waals surface area contributed by atoms with Gasteiger partial charge in [-0.25, -0.2) is 9.18 Å². The van der Waals surface area contributed by atoms with Crippen molar-refractivity contribution >= 4 is 6.03 Å². The summed E-state index contributed by atoms with van der Waals surface area (Å²) in [4.78, 5) is 17.4. The van der Waals surface area contributed by atoms with Crippen LogP contribution >= 0.6 is 0 Å². The number of methoxy groups -OCH3 is 1. The lowest BCUT2D eigenvalue weighted by atomic mass is 9.99. The fraction of sp³-hybridized carbons (Fsp3) is 0.480. The van der Waals surface area contributed by atoms with E-state index in [4.69, 9.17) is 4.74 Å². The second-order valence-electron chi connectivity index (χ2n) is 8.68. The van der Waals surface area contributed by atoms with Crippen LogP contribution in [-0.4, -0.2) is 48.6 Å². The minimum absolute atomic E-state index is 0.0569. The summed E-state index contributed by atoms with van der Waals surface area (Å²) in [6.45, 7) is 5.42. The number of nitrogens with zero attached hydrogens (tertiary/aromatic N) is 2. The van der Waals surface area contributed by atoms with E-state index in [1.54, 1.807) is 12.1 Å². The molecule has 2 aromatic carbocycles. The van der Waals surface area contributed by atoms with Gasteiger partial charge < -0.3 is 15.0 Å². The predicted molar refractivity (Wildman–Crippen MR) is 120 cm³/mol. The number of urea groups is 1. The molecule has 166 valence electrons. The quantitative estimate of drug-likeness (QED) is 0.758. The Balaban J connectivity index is 1.29. The second kappa shape index (κ2) is 9.69. The van der Waals surface area contributed by atoms with Crippen molar-refractivity contribution in [3.8, 4) is 5.75 Å². The zero-order valence-corrected chi connectivity index (χ0v) is 18.4. The first-order valence-corrected chi connectivity index (χ1v) is 11.2. The van der Waals surface area contributed by atoms with Gasteiger partial charge in [0.05, 0.1) is 13.2 Å². The second-order valence-corrected chi connectivity index (χ2v) is 8.68. The molecule has 4 rings (SSSR count). The third kappa shape index (κ3) is 5.01. The van der Waals surface area contributed by atoms with Crippen molar-refractivity contribution in [1.29, 1.82) is 0 Å². The number of carbonyl (C=O) groups excluding carboxylic acids is 1. The van der Waals surface area contributed by atoms with E-state index in [2.05, 4.69) is 35.3 Å². The number of benzene rings is 2. The molecule has 2 amide bonds. The zero-order valence-electron chi connectivity index (χ0n) is 18.4. The van der Waals surface area contributed by atoms with Crippen molar-refractivity contribution in [2.75, 3.05) is 26.7 Å². The molecule has 1 N–H and O–H groups in total. The number of nitrogens with one attached hydrogen (secondary N) is 1. The summed E-state index contributed by atoms with van der Waals surface area (Å²) in [6, 6.07) is 13.9. The zero-order chi connectivity index (χ0) is 21.8. The molecule has 0 spiro atoms. The Morgan fingerprint density at radius 3 is 2.61 bits per heavy atom. The van der Waals surface area contributed by atoms with Gasteiger partial charge in [-0.05, 0) is 61.4 Å². The van der Waals surface area contributed by atoms with Gasteiger partial charge in [0.1, 0.15) is 0 Å². The molecule has 2 saturated heterocycles. The number of rotatable bonds is 5. The third-order valence-corrected chi connectivity index (χ3v) is 6.60. The van der Waals surface area contributed by atoms with E-state index in [0.29, 0.717) is 6.54 Å². The van der Waals surface area contributed by atoms with Crippen molar-refractivity contribution in [1.82, 2.24) is 15.1 Å². The van der Waals surface area contributed by atoms with Crippen molar-refractivity contribution in [3.63, 3.8) is 0 Å². The highest BCUT2D eigenvalue weighted by Gasteiger charge is 2.32. The van der Waals surface area contributed by atoms with Crippen molar-refractivity contribution in [2.45, 2.75) is 51.2 Å². The van der Waals surface area contributed by atoms with Crippen molar-refractivity contribution < 1.29 is 13.9 Å². The molecule has 0 bridgehead atoms. The monoisotopic (exact) mass is 425 g/mol. The summed E-state index contributed by atoms with van der Waals surface area (Å²) in [5.41, 5.74) is 3.45. The highest BCUT2D eigenvalue weighted by atomic mass is 19.1. The van der Waals surface area contributed by atoms with Gasteiger partial charge in [0.15, 0.2) is 11.6 Å². The van der Waals surface area contributed by atoms with Crippen LogP contribution in [0, 0.1) is 12.7 Å². The summed E-state index contributed by atoms with van der Waals surface area (Å²) < 4.78 is 18.9. The number of aryl methyl sites for hydroxylation is 1. The summed E-state index contributed by atoms with van der Waals surface area (Å²) in [5.74, 6) is -0.0490. The lowest BCUT2D eigenvalue weighted by Crippen LogP contribution is -2.49. The Morgan fingerprint density at radius 2 is 1.90 bits per heavy atom. The maximum absolute atomic E-state index is 13.9. The van der Waals surface area contributed by atoms with Gasteiger partial charge in [-0.15, -0.1) is 0 Å². The topological polar surface area (TPSA) is 44.8 Å². The molecule has 0 radical (unpaired) electrons. The lowest BCUT2D eigenvalue weighted by molar-refractivity contribution is 0.166. The van der Waals surface area contributed by atoms with Crippen LogP contribution < -0.4 is 10.1 Å². The summed E-state index contributed by atoms with van der Waals surface area (Å²) >= 11 is 0. The predicted octanol–water partition coefficient (Wildman–Crippen LogP) is 4.65. The molecule has 0 aromatic heterocycles. The summed E-state index contributed by atoms with van der Waals surface area (Å²) in [6.07, 6.45) is 3.89. The number of ether oxygens (including phenoxy) is 1. The van der Waals surface area contributed by atoms with Crippen LogP contribution in [0.25, 0.3) is 0 Å². The fourth-order valence-corrected chi connectivity index (χ4v) is 4.85. The number of hydrogen-bond acceptors (Lipinski definition) is 3. The van der Waals surface area contributed by atoms with E-state index in [-0.39, 0.29) is 29.7 Å². The molecule has 31 heavy (non-hydrogen) atoms. The standard InChI is InChI=1S/C25H32FN3O2/c1-18-6-3-4-7-21(18)23-8-5-13-29(23)25(30)27-20-11-14-28(15-12-20)17-19-9-10-24(31-2)22(26)16-19/h3-4,6-7,9-10,16,20,23H,5,8,11-15,17H2,1-2H3,(H,27,30). The molecule has 0 aliphatic carbocycles. The molecule has 0 saturated carbocycles. The molecule has 2 aliphatic heterocycles. The van der Waals surface area contributed by atoms with Crippen LogP contribution in [0.5, 0.6) is 5.75 Å². The maximum Gasteiger partial charge on any atom is 0.318 e. The van der Waals surface area contributed by atoms with Gasteiger partial charge in [-0.2, -0.15) is 0 Å². The Kier molecular flexibility index (Phi) is 6.76. The van der Waals surface area contributed by atoms with Gasteiger partial charge in [-0.1, -0.05) is 30.3 Å². The van der Waals surface area contributed by atoms with Gasteiger partial charge in [0.2, 0.25) is 0 Å². The number of hydrogen-bond donors (Lipinski definition) is 1. The Morgan fingerprint density at radius 1 is 1.13 bits per heavy atom. The minimum Gasteiger partial charge on any atom is -0.494 e. The maximum atomic E-state index is 13.9. The minimum atomic E-state index is -0.323. The largest absolute Gasteiger partial charge is 0.494 e. The van der Waals surface area contributed by atoms with Crippen molar-refractivity contribution in [3.05, 3.63) is 65.0 Å². The van der Waals surface area contributed by atoms with Crippen LogP contribution in [0.2, 0.25) is 0 Å². The summed E-state index contributed by atoms with van der Waals surface area (Å²) in [7, 11) is 1.47. The van der Waals surface area contributed by atoms with Crippen LogP contribution in [0.3, 0.4) is 0 Å². The molecule has 6 heteroatoms. The SMILES string of the molecule is COc1ccc(CN2CCC(NC(=O)N3CCCC3c3ccccc3C)CC2)cc1F. The van der Waals surface area contributed by atoms with Gasteiger partial charge >= 0.3 is 6.03 Å². The highest BCUT2D eigenvalue weighted by molar-refractivity contribution is 5.75. The molecule has 2 fully saturated rings. The Bertz CT molecular complexity index is 911. The van der Waals surface area contributed by atoms with E-state index in [1.165, 1.54) is 18.2 Å². The Hall–Kier alpha value is -2.60. The van der Waals surface area contributed by atoms with Crippen LogP contribution in [0.4, 0.5) is 9.18 Å². The van der Waals surface area contributed by atoms with Crippen molar-refractivity contribution in [2.24, 2.45) is 0 Å². The van der Waals surface area contributed by atoms with E-state index >= 15 is 0 Å². The highest BCUT2D eigenvalue weighted by Crippen LogP contribution is 2.33. The number of piperidine rings is 1. The van der Waals surface area contributed by atoms with E-state index < -0.39 is 0 Å². The number of likely N-dealkylation sites (tertiary alicyclic amines) is 2. The van der Waals surface area contributed by atoms with Crippen LogP contribution in [0.1, 0.15) is 48.4 Å². The summed E-state index contributed by atoms with van der Waals surface area (Å²) in [5, 5.41) is 3.27. The number of amides is 2. The Labute approximate surface area is 184 Å². The molecule has 1 atom stereocenters. The van der Waals surface area contributed by atoms with E-state index in [0.717, 1.165) is 50.9 Å². The normalized spacial score (nSPS) is 20.1. The van der Waals surface area contributed by atoms with Crippen LogP contribution in [-0.2, 0) is 6.54 Å². The van der Waals surface area contributed by atoms with Gasteiger partial charge in [-0.3, -0.25) is 4.90 Å². The molecular weight excluding hydrogens is 393 g/mol. The first-order chi connectivity index (χ1) is 15.0.